The minimum Gasteiger partial charge on any atom is -0.507 e. The first-order valence-corrected chi connectivity index (χ1v) is 7.64. The molecule has 0 radical (unpaired) electrons. The molecule has 0 aromatic heterocycles. The summed E-state index contributed by atoms with van der Waals surface area (Å²) in [6.45, 7) is 7.72. The maximum absolute atomic E-state index is 11.1. The van der Waals surface area contributed by atoms with Gasteiger partial charge in [0.1, 0.15) is 11.5 Å². The van der Waals surface area contributed by atoms with E-state index in [9.17, 15) is 15.0 Å². The van der Waals surface area contributed by atoms with E-state index in [-0.39, 0.29) is 22.1 Å². The Bertz CT molecular complexity index is 624. The average Bonchev–Trinajstić information content (AvgIpc) is 2.45. The van der Waals surface area contributed by atoms with E-state index < -0.39 is 0 Å². The third-order valence-corrected chi connectivity index (χ3v) is 4.09. The Morgan fingerprint density at radius 3 is 2.32 bits per heavy atom. The maximum atomic E-state index is 11.1. The predicted octanol–water partition coefficient (Wildman–Crippen LogP) is 5.11. The highest BCUT2D eigenvalue weighted by atomic mass is 35.5. The molecule has 2 N–H and O–H groups in total. The molecular weight excluding hydrogens is 300 g/mol. The molecule has 0 aliphatic heterocycles. The largest absolute Gasteiger partial charge is 0.507 e. The molecule has 3 nitrogen and oxygen atoms in total. The first-order valence-electron chi connectivity index (χ1n) is 7.26. The van der Waals surface area contributed by atoms with E-state index >= 15 is 0 Å². The van der Waals surface area contributed by atoms with Crippen LogP contribution in [0.15, 0.2) is 23.3 Å². The number of carbonyl (C=O) groups is 1. The molecule has 0 amide bonds. The number of phenolic OH excluding ortho intramolecular Hbond substituents is 2. The van der Waals surface area contributed by atoms with Crippen LogP contribution in [0.3, 0.4) is 0 Å². The van der Waals surface area contributed by atoms with Gasteiger partial charge in [-0.2, -0.15) is 0 Å². The lowest BCUT2D eigenvalue weighted by Crippen LogP contribution is -1.96. The quantitative estimate of drug-likeness (QED) is 0.565. The third-order valence-electron chi connectivity index (χ3n) is 3.63. The van der Waals surface area contributed by atoms with Gasteiger partial charge in [-0.3, -0.25) is 4.79 Å². The molecule has 0 bridgehead atoms. The van der Waals surface area contributed by atoms with E-state index in [1.165, 1.54) is 5.57 Å². The van der Waals surface area contributed by atoms with Crippen LogP contribution in [0.1, 0.15) is 55.1 Å². The van der Waals surface area contributed by atoms with Gasteiger partial charge in [0.05, 0.1) is 10.6 Å². The monoisotopic (exact) mass is 322 g/mol. The SMILES string of the molecule is CC(C)=CCC/C(C)=C/Cc1c(O)c(Cl)c(C)c(C=O)c1O. The summed E-state index contributed by atoms with van der Waals surface area (Å²) in [6, 6.07) is 0. The van der Waals surface area contributed by atoms with Crippen LogP contribution in [0.4, 0.5) is 0 Å². The van der Waals surface area contributed by atoms with Gasteiger partial charge in [-0.1, -0.05) is 34.9 Å². The zero-order valence-electron chi connectivity index (χ0n) is 13.5. The normalized spacial score (nSPS) is 11.4. The Balaban J connectivity index is 3.01. The van der Waals surface area contributed by atoms with Crippen molar-refractivity contribution in [1.29, 1.82) is 0 Å². The van der Waals surface area contributed by atoms with Crippen molar-refractivity contribution in [3.63, 3.8) is 0 Å². The number of benzene rings is 1. The Kier molecular flexibility index (Phi) is 6.69. The summed E-state index contributed by atoms with van der Waals surface area (Å²) in [5, 5.41) is 20.4. The minimum absolute atomic E-state index is 0.116. The summed E-state index contributed by atoms with van der Waals surface area (Å²) in [4.78, 5) is 11.1. The van der Waals surface area contributed by atoms with Crippen LogP contribution in [-0.4, -0.2) is 16.5 Å². The molecule has 22 heavy (non-hydrogen) atoms. The van der Waals surface area contributed by atoms with Crippen molar-refractivity contribution in [1.82, 2.24) is 0 Å². The number of phenols is 2. The second-order valence-electron chi connectivity index (χ2n) is 5.72. The van der Waals surface area contributed by atoms with Gasteiger partial charge < -0.3 is 10.2 Å². The molecule has 1 rings (SSSR count). The van der Waals surface area contributed by atoms with Crippen molar-refractivity contribution in [2.75, 3.05) is 0 Å². The molecule has 0 spiro atoms. The van der Waals surface area contributed by atoms with Gasteiger partial charge in [0.25, 0.3) is 0 Å². The van der Waals surface area contributed by atoms with Crippen molar-refractivity contribution in [2.45, 2.75) is 47.0 Å². The summed E-state index contributed by atoms with van der Waals surface area (Å²) in [7, 11) is 0. The summed E-state index contributed by atoms with van der Waals surface area (Å²) in [5.41, 5.74) is 3.25. The second kappa shape index (κ2) is 8.04. The van der Waals surface area contributed by atoms with Crippen LogP contribution in [0, 0.1) is 6.92 Å². The van der Waals surface area contributed by atoms with Gasteiger partial charge in [-0.15, -0.1) is 0 Å². The molecule has 0 atom stereocenters. The number of aromatic hydroxyl groups is 2. The molecule has 0 heterocycles. The average molecular weight is 323 g/mol. The van der Waals surface area contributed by atoms with Crippen LogP contribution in [0.2, 0.25) is 5.02 Å². The molecule has 0 fully saturated rings. The number of allylic oxidation sites excluding steroid dienone is 4. The first-order chi connectivity index (χ1) is 10.3. The van der Waals surface area contributed by atoms with Crippen LogP contribution < -0.4 is 0 Å². The standard InChI is InChI=1S/C18H23ClO3/c1-11(2)6-5-7-12(3)8-9-14-17(21)15(10-20)13(4)16(19)18(14)22/h6,8,10,21-22H,5,7,9H2,1-4H3/b12-8+. The van der Waals surface area contributed by atoms with Crippen molar-refractivity contribution < 1.29 is 15.0 Å². The fourth-order valence-corrected chi connectivity index (χ4v) is 2.40. The fraction of sp³-hybridized carbons (Fsp3) is 0.389. The highest BCUT2D eigenvalue weighted by molar-refractivity contribution is 6.33. The molecule has 1 aromatic rings. The van der Waals surface area contributed by atoms with Crippen molar-refractivity contribution in [3.05, 3.63) is 45.0 Å². The van der Waals surface area contributed by atoms with Gasteiger partial charge in [-0.25, -0.2) is 0 Å². The van der Waals surface area contributed by atoms with E-state index in [2.05, 4.69) is 19.9 Å². The van der Waals surface area contributed by atoms with E-state index in [4.69, 9.17) is 11.6 Å². The van der Waals surface area contributed by atoms with Gasteiger partial charge in [0.2, 0.25) is 0 Å². The van der Waals surface area contributed by atoms with Crippen molar-refractivity contribution in [3.8, 4) is 11.5 Å². The molecule has 0 aliphatic carbocycles. The fourth-order valence-electron chi connectivity index (χ4n) is 2.19. The van der Waals surface area contributed by atoms with Crippen LogP contribution in [0.25, 0.3) is 0 Å². The maximum Gasteiger partial charge on any atom is 0.154 e. The number of hydrogen-bond acceptors (Lipinski definition) is 3. The summed E-state index contributed by atoms with van der Waals surface area (Å²) in [5.74, 6) is -0.349. The number of carbonyl (C=O) groups excluding carboxylic acids is 1. The third kappa shape index (κ3) is 4.38. The summed E-state index contributed by atoms with van der Waals surface area (Å²) in [6.07, 6.45) is 6.86. The van der Waals surface area contributed by atoms with E-state index in [0.29, 0.717) is 23.8 Å². The number of aldehydes is 1. The number of halogens is 1. The highest BCUT2D eigenvalue weighted by Crippen LogP contribution is 2.40. The Morgan fingerprint density at radius 2 is 1.77 bits per heavy atom. The van der Waals surface area contributed by atoms with Crippen molar-refractivity contribution in [2.24, 2.45) is 0 Å². The molecule has 4 heteroatoms. The smallest absolute Gasteiger partial charge is 0.154 e. The Hall–Kier alpha value is -1.74. The van der Waals surface area contributed by atoms with Gasteiger partial charge in [0, 0.05) is 5.56 Å². The molecule has 1 aromatic carbocycles. The van der Waals surface area contributed by atoms with E-state index in [0.717, 1.165) is 18.4 Å². The zero-order valence-corrected chi connectivity index (χ0v) is 14.3. The highest BCUT2D eigenvalue weighted by Gasteiger charge is 2.19. The summed E-state index contributed by atoms with van der Waals surface area (Å²) >= 11 is 6.02. The number of hydrogen-bond donors (Lipinski definition) is 2. The lowest BCUT2D eigenvalue weighted by atomic mass is 9.99. The van der Waals surface area contributed by atoms with E-state index in [1.54, 1.807) is 6.92 Å². The Morgan fingerprint density at radius 1 is 1.14 bits per heavy atom. The molecule has 0 saturated heterocycles. The zero-order chi connectivity index (χ0) is 16.9. The predicted molar refractivity (Wildman–Crippen MR) is 91.0 cm³/mol. The molecule has 0 saturated carbocycles. The first kappa shape index (κ1) is 18.3. The lowest BCUT2D eigenvalue weighted by Gasteiger charge is -2.13. The van der Waals surface area contributed by atoms with Gasteiger partial charge in [0.15, 0.2) is 6.29 Å². The molecule has 120 valence electrons. The molecule has 0 aliphatic rings. The molecular formula is C18H23ClO3. The van der Waals surface area contributed by atoms with Crippen LogP contribution >= 0.6 is 11.6 Å². The topological polar surface area (TPSA) is 57.5 Å². The van der Waals surface area contributed by atoms with Crippen molar-refractivity contribution >= 4 is 17.9 Å². The van der Waals surface area contributed by atoms with Gasteiger partial charge >= 0.3 is 0 Å². The lowest BCUT2D eigenvalue weighted by molar-refractivity contribution is 0.112. The summed E-state index contributed by atoms with van der Waals surface area (Å²) < 4.78 is 0. The van der Waals surface area contributed by atoms with Crippen LogP contribution in [0.5, 0.6) is 11.5 Å². The van der Waals surface area contributed by atoms with Gasteiger partial charge in [-0.05, 0) is 52.5 Å². The minimum atomic E-state index is -0.192. The van der Waals surface area contributed by atoms with Crippen LogP contribution in [-0.2, 0) is 6.42 Å². The Labute approximate surface area is 136 Å². The second-order valence-corrected chi connectivity index (χ2v) is 6.10. The molecule has 0 unspecified atom stereocenters. The number of rotatable bonds is 6. The van der Waals surface area contributed by atoms with E-state index in [1.807, 2.05) is 13.0 Å².